The summed E-state index contributed by atoms with van der Waals surface area (Å²) in [5, 5.41) is 0. The molecule has 4 rings (SSSR count). The first-order chi connectivity index (χ1) is 14.3. The van der Waals surface area contributed by atoms with Gasteiger partial charge in [0.1, 0.15) is 5.69 Å². The molecular weight excluding hydrogens is 395 g/mol. The third kappa shape index (κ3) is 4.28. The highest BCUT2D eigenvalue weighted by Crippen LogP contribution is 2.31. The second kappa shape index (κ2) is 8.26. The lowest BCUT2D eigenvalue weighted by Gasteiger charge is -2.36. The zero-order valence-electron chi connectivity index (χ0n) is 16.5. The number of carbonyl (C=O) groups is 1. The van der Waals surface area contributed by atoms with Gasteiger partial charge in [0.2, 0.25) is 0 Å². The van der Waals surface area contributed by atoms with Gasteiger partial charge in [0, 0.05) is 24.7 Å². The predicted octanol–water partition coefficient (Wildman–Crippen LogP) is 3.76. The molecule has 2 fully saturated rings. The number of pyridine rings is 1. The van der Waals surface area contributed by atoms with Crippen molar-refractivity contribution in [3.63, 3.8) is 0 Å². The number of aromatic amines is 1. The molecule has 1 aromatic heterocycles. The van der Waals surface area contributed by atoms with Crippen LogP contribution >= 0.6 is 0 Å². The van der Waals surface area contributed by atoms with Crippen molar-refractivity contribution in [2.75, 3.05) is 26.2 Å². The number of likely N-dealkylation sites (tertiary alicyclic amines) is 2. The number of alkyl halides is 3. The Balaban J connectivity index is 1.47. The van der Waals surface area contributed by atoms with Crippen molar-refractivity contribution in [3.05, 3.63) is 58.0 Å². The van der Waals surface area contributed by atoms with Gasteiger partial charge in [0.05, 0.1) is 5.56 Å². The van der Waals surface area contributed by atoms with Gasteiger partial charge in [-0.05, 0) is 68.6 Å². The number of hydrogen-bond acceptors (Lipinski definition) is 3. The molecular formula is C22H24F3N3O2. The van der Waals surface area contributed by atoms with Crippen LogP contribution in [0.2, 0.25) is 0 Å². The summed E-state index contributed by atoms with van der Waals surface area (Å²) in [6.07, 6.45) is -0.187. The normalized spacial score (nSPS) is 18.7. The van der Waals surface area contributed by atoms with E-state index in [1.807, 2.05) is 0 Å². The average Bonchev–Trinajstić information content (AvgIpc) is 3.28. The molecule has 1 N–H and O–H groups in total. The van der Waals surface area contributed by atoms with Crippen LogP contribution in [0.4, 0.5) is 13.2 Å². The van der Waals surface area contributed by atoms with E-state index in [1.165, 1.54) is 37.1 Å². The van der Waals surface area contributed by atoms with Crippen molar-refractivity contribution >= 4 is 5.91 Å². The minimum Gasteiger partial charge on any atom is -0.337 e. The van der Waals surface area contributed by atoms with Crippen LogP contribution in [-0.4, -0.2) is 52.9 Å². The molecule has 2 aliphatic rings. The van der Waals surface area contributed by atoms with Gasteiger partial charge in [-0.2, -0.15) is 13.2 Å². The summed E-state index contributed by atoms with van der Waals surface area (Å²) in [7, 11) is 0. The van der Waals surface area contributed by atoms with Gasteiger partial charge in [0.15, 0.2) is 0 Å². The fourth-order valence-electron chi connectivity index (χ4n) is 4.40. The summed E-state index contributed by atoms with van der Waals surface area (Å²) in [6.45, 7) is 3.53. The Morgan fingerprint density at radius 2 is 1.70 bits per heavy atom. The number of nitrogens with zero attached hydrogens (tertiary/aromatic N) is 2. The van der Waals surface area contributed by atoms with Gasteiger partial charge in [-0.1, -0.05) is 12.1 Å². The number of benzene rings is 1. The molecule has 0 saturated carbocycles. The molecule has 160 valence electrons. The molecule has 0 radical (unpaired) electrons. The van der Waals surface area contributed by atoms with E-state index in [1.54, 1.807) is 4.90 Å². The highest BCUT2D eigenvalue weighted by atomic mass is 19.4. The smallest absolute Gasteiger partial charge is 0.337 e. The van der Waals surface area contributed by atoms with Crippen molar-refractivity contribution in [2.24, 2.45) is 0 Å². The quantitative estimate of drug-likeness (QED) is 0.824. The number of nitrogens with one attached hydrogen (secondary N) is 1. The molecule has 2 saturated heterocycles. The van der Waals surface area contributed by atoms with Crippen molar-refractivity contribution in [1.82, 2.24) is 14.8 Å². The second-order valence-corrected chi connectivity index (χ2v) is 7.96. The van der Waals surface area contributed by atoms with Crippen LogP contribution in [-0.2, 0) is 6.18 Å². The number of halogens is 3. The maximum atomic E-state index is 12.9. The Morgan fingerprint density at radius 1 is 1.00 bits per heavy atom. The van der Waals surface area contributed by atoms with E-state index in [4.69, 9.17) is 0 Å². The third-order valence-electron chi connectivity index (χ3n) is 6.05. The molecule has 1 amide bonds. The average molecular weight is 419 g/mol. The molecule has 2 aliphatic heterocycles. The molecule has 0 bridgehead atoms. The number of rotatable bonds is 3. The van der Waals surface area contributed by atoms with Gasteiger partial charge in [0.25, 0.3) is 11.5 Å². The lowest BCUT2D eigenvalue weighted by molar-refractivity contribution is -0.137. The van der Waals surface area contributed by atoms with E-state index in [-0.39, 0.29) is 22.7 Å². The van der Waals surface area contributed by atoms with Crippen LogP contribution in [0, 0.1) is 0 Å². The molecule has 1 aromatic carbocycles. The van der Waals surface area contributed by atoms with Crippen molar-refractivity contribution in [2.45, 2.75) is 37.9 Å². The van der Waals surface area contributed by atoms with Crippen LogP contribution in [0.1, 0.15) is 41.7 Å². The molecule has 0 atom stereocenters. The van der Waals surface area contributed by atoms with Gasteiger partial charge < -0.3 is 14.8 Å². The van der Waals surface area contributed by atoms with Crippen molar-refractivity contribution in [1.29, 1.82) is 0 Å². The van der Waals surface area contributed by atoms with Gasteiger partial charge in [-0.15, -0.1) is 0 Å². The van der Waals surface area contributed by atoms with Crippen molar-refractivity contribution < 1.29 is 18.0 Å². The summed E-state index contributed by atoms with van der Waals surface area (Å²) in [5.74, 6) is -0.248. The summed E-state index contributed by atoms with van der Waals surface area (Å²) in [6, 6.07) is 8.02. The number of hydrogen-bond donors (Lipinski definition) is 1. The molecule has 8 heteroatoms. The predicted molar refractivity (Wildman–Crippen MR) is 107 cm³/mol. The highest BCUT2D eigenvalue weighted by Gasteiger charge is 2.31. The van der Waals surface area contributed by atoms with E-state index in [2.05, 4.69) is 9.88 Å². The summed E-state index contributed by atoms with van der Waals surface area (Å²) in [4.78, 5) is 32.1. The minimum absolute atomic E-state index is 0.102. The first-order valence-corrected chi connectivity index (χ1v) is 10.3. The van der Waals surface area contributed by atoms with Crippen LogP contribution in [0.3, 0.4) is 0 Å². The summed E-state index contributed by atoms with van der Waals surface area (Å²) < 4.78 is 38.8. The number of aromatic nitrogens is 1. The molecule has 0 spiro atoms. The first kappa shape index (κ1) is 20.7. The van der Waals surface area contributed by atoms with E-state index >= 15 is 0 Å². The maximum Gasteiger partial charge on any atom is 0.416 e. The Morgan fingerprint density at radius 3 is 2.33 bits per heavy atom. The van der Waals surface area contributed by atoms with E-state index in [0.29, 0.717) is 19.1 Å². The van der Waals surface area contributed by atoms with E-state index in [0.717, 1.165) is 38.1 Å². The molecule has 0 unspecified atom stereocenters. The Hall–Kier alpha value is -2.61. The highest BCUT2D eigenvalue weighted by molar-refractivity contribution is 5.92. The minimum atomic E-state index is -4.49. The second-order valence-electron chi connectivity index (χ2n) is 7.96. The lowest BCUT2D eigenvalue weighted by atomic mass is 10.0. The zero-order valence-corrected chi connectivity index (χ0v) is 16.5. The Bertz CT molecular complexity index is 972. The largest absolute Gasteiger partial charge is 0.416 e. The lowest BCUT2D eigenvalue weighted by Crippen LogP contribution is -2.46. The van der Waals surface area contributed by atoms with E-state index < -0.39 is 17.3 Å². The Labute approximate surface area is 172 Å². The van der Waals surface area contributed by atoms with Gasteiger partial charge in [-0.3, -0.25) is 9.59 Å². The maximum absolute atomic E-state index is 12.9. The fraction of sp³-hybridized carbons (Fsp3) is 0.455. The van der Waals surface area contributed by atoms with Crippen molar-refractivity contribution in [3.8, 4) is 11.1 Å². The summed E-state index contributed by atoms with van der Waals surface area (Å²) in [5.41, 5.74) is -0.968. The first-order valence-electron chi connectivity index (χ1n) is 10.3. The molecule has 3 heterocycles. The number of H-pyrrole nitrogens is 1. The molecule has 30 heavy (non-hydrogen) atoms. The standard InChI is InChI=1S/C22H24F3N3O2/c23-22(24,25)16-5-3-4-15(14-16)18-6-7-19(26-20(18)29)21(30)28-12-8-17(9-13-28)27-10-1-2-11-27/h3-7,14,17H,1-2,8-13H2,(H,26,29). The number of amides is 1. The molecule has 0 aliphatic carbocycles. The van der Waals surface area contributed by atoms with Crippen LogP contribution in [0.5, 0.6) is 0 Å². The van der Waals surface area contributed by atoms with E-state index in [9.17, 15) is 22.8 Å². The van der Waals surface area contributed by atoms with Gasteiger partial charge >= 0.3 is 6.18 Å². The molecule has 2 aromatic rings. The van der Waals surface area contributed by atoms with Gasteiger partial charge in [-0.25, -0.2) is 0 Å². The Kier molecular flexibility index (Phi) is 5.69. The number of piperidine rings is 1. The van der Waals surface area contributed by atoms with Crippen LogP contribution in [0.15, 0.2) is 41.2 Å². The molecule has 5 nitrogen and oxygen atoms in total. The number of carbonyl (C=O) groups excluding carboxylic acids is 1. The fourth-order valence-corrected chi connectivity index (χ4v) is 4.40. The third-order valence-corrected chi connectivity index (χ3v) is 6.05. The topological polar surface area (TPSA) is 56.4 Å². The zero-order chi connectivity index (χ0) is 21.3. The SMILES string of the molecule is O=C(c1ccc(-c2cccc(C(F)(F)F)c2)c(=O)[nH]1)N1CCC(N2CCCC2)CC1. The summed E-state index contributed by atoms with van der Waals surface area (Å²) >= 11 is 0. The van der Waals surface area contributed by atoms with Crippen LogP contribution in [0.25, 0.3) is 11.1 Å². The monoisotopic (exact) mass is 419 g/mol. The van der Waals surface area contributed by atoms with Crippen LogP contribution < -0.4 is 5.56 Å².